The summed E-state index contributed by atoms with van der Waals surface area (Å²) in [7, 11) is 3.66. The SMILES string of the molecule is COc1c([C@H]2CCCN2Cc2cccc3c2OCCO3)c(C)nn1C. The van der Waals surface area contributed by atoms with Gasteiger partial charge in [-0.05, 0) is 32.4 Å². The monoisotopic (exact) mass is 343 g/mol. The summed E-state index contributed by atoms with van der Waals surface area (Å²) in [5, 5.41) is 4.56. The highest BCUT2D eigenvalue weighted by molar-refractivity contribution is 5.47. The lowest BCUT2D eigenvalue weighted by atomic mass is 10.0. The molecule has 0 radical (unpaired) electrons. The molecule has 0 bridgehead atoms. The summed E-state index contributed by atoms with van der Waals surface area (Å²) < 4.78 is 19.1. The number of ether oxygens (including phenoxy) is 3. The third kappa shape index (κ3) is 2.84. The quantitative estimate of drug-likeness (QED) is 0.854. The smallest absolute Gasteiger partial charge is 0.216 e. The zero-order chi connectivity index (χ0) is 17.4. The Morgan fingerprint density at radius 1 is 1.28 bits per heavy atom. The van der Waals surface area contributed by atoms with Gasteiger partial charge in [0.25, 0.3) is 0 Å². The van der Waals surface area contributed by atoms with Gasteiger partial charge in [0.1, 0.15) is 13.2 Å². The largest absolute Gasteiger partial charge is 0.486 e. The number of likely N-dealkylation sites (tertiary alicyclic amines) is 1. The molecule has 6 nitrogen and oxygen atoms in total. The molecule has 134 valence electrons. The molecule has 0 unspecified atom stereocenters. The fourth-order valence-electron chi connectivity index (χ4n) is 4.10. The van der Waals surface area contributed by atoms with Gasteiger partial charge in [0, 0.05) is 25.2 Å². The number of nitrogens with zero attached hydrogens (tertiary/aromatic N) is 3. The maximum absolute atomic E-state index is 5.89. The van der Waals surface area contributed by atoms with Crippen LogP contribution in [0.15, 0.2) is 18.2 Å². The zero-order valence-corrected chi connectivity index (χ0v) is 15.1. The predicted molar refractivity (Wildman–Crippen MR) is 94.3 cm³/mol. The van der Waals surface area contributed by atoms with E-state index in [1.165, 1.54) is 17.5 Å². The molecular formula is C19H25N3O3. The fourth-order valence-corrected chi connectivity index (χ4v) is 4.10. The highest BCUT2D eigenvalue weighted by Gasteiger charge is 2.33. The molecule has 0 saturated carbocycles. The van der Waals surface area contributed by atoms with Gasteiger partial charge in [-0.3, -0.25) is 4.90 Å². The number of rotatable bonds is 4. The van der Waals surface area contributed by atoms with Gasteiger partial charge in [0.2, 0.25) is 5.88 Å². The van der Waals surface area contributed by atoms with E-state index in [1.54, 1.807) is 7.11 Å². The van der Waals surface area contributed by atoms with Gasteiger partial charge in [-0.25, -0.2) is 4.68 Å². The highest BCUT2D eigenvalue weighted by atomic mass is 16.6. The van der Waals surface area contributed by atoms with E-state index in [-0.39, 0.29) is 0 Å². The molecule has 1 atom stereocenters. The molecule has 4 rings (SSSR count). The Bertz CT molecular complexity index is 772. The van der Waals surface area contributed by atoms with E-state index >= 15 is 0 Å². The van der Waals surface area contributed by atoms with Crippen molar-refractivity contribution in [3.8, 4) is 17.4 Å². The maximum atomic E-state index is 5.89. The summed E-state index contributed by atoms with van der Waals surface area (Å²) in [6, 6.07) is 6.48. The number of aryl methyl sites for hydroxylation is 2. The lowest BCUT2D eigenvalue weighted by Gasteiger charge is -2.27. The van der Waals surface area contributed by atoms with Crippen LogP contribution in [0.2, 0.25) is 0 Å². The Morgan fingerprint density at radius 2 is 2.12 bits per heavy atom. The van der Waals surface area contributed by atoms with Crippen LogP contribution < -0.4 is 14.2 Å². The Balaban J connectivity index is 1.63. The molecule has 3 heterocycles. The maximum Gasteiger partial charge on any atom is 0.216 e. The third-order valence-electron chi connectivity index (χ3n) is 5.13. The first-order valence-electron chi connectivity index (χ1n) is 8.88. The fraction of sp³-hybridized carbons (Fsp3) is 0.526. The van der Waals surface area contributed by atoms with Gasteiger partial charge in [-0.2, -0.15) is 5.10 Å². The second-order valence-electron chi connectivity index (χ2n) is 6.70. The van der Waals surface area contributed by atoms with Crippen molar-refractivity contribution in [2.45, 2.75) is 32.4 Å². The molecule has 0 N–H and O–H groups in total. The van der Waals surface area contributed by atoms with E-state index < -0.39 is 0 Å². The van der Waals surface area contributed by atoms with Crippen molar-refractivity contribution in [2.24, 2.45) is 7.05 Å². The number of methoxy groups -OCH3 is 1. The molecule has 25 heavy (non-hydrogen) atoms. The van der Waals surface area contributed by atoms with Crippen molar-refractivity contribution < 1.29 is 14.2 Å². The minimum Gasteiger partial charge on any atom is -0.486 e. The van der Waals surface area contributed by atoms with Crippen molar-refractivity contribution in [1.82, 2.24) is 14.7 Å². The minimum atomic E-state index is 0.323. The molecule has 0 spiro atoms. The molecule has 1 fully saturated rings. The molecule has 1 aromatic carbocycles. The van der Waals surface area contributed by atoms with Crippen molar-refractivity contribution in [1.29, 1.82) is 0 Å². The molecule has 2 aliphatic rings. The summed E-state index contributed by atoms with van der Waals surface area (Å²) >= 11 is 0. The first kappa shape index (κ1) is 16.3. The van der Waals surface area contributed by atoms with Crippen LogP contribution in [0.4, 0.5) is 0 Å². The van der Waals surface area contributed by atoms with Crippen LogP contribution in [0.1, 0.15) is 35.7 Å². The van der Waals surface area contributed by atoms with Crippen molar-refractivity contribution in [2.75, 3.05) is 26.9 Å². The highest BCUT2D eigenvalue weighted by Crippen LogP contribution is 2.41. The Hall–Kier alpha value is -2.21. The number of aromatic nitrogens is 2. The number of hydrogen-bond donors (Lipinski definition) is 0. The lowest BCUT2D eigenvalue weighted by Crippen LogP contribution is -2.25. The second-order valence-corrected chi connectivity index (χ2v) is 6.70. The van der Waals surface area contributed by atoms with E-state index in [4.69, 9.17) is 14.2 Å². The average molecular weight is 343 g/mol. The van der Waals surface area contributed by atoms with E-state index in [0.717, 1.165) is 42.6 Å². The van der Waals surface area contributed by atoms with Gasteiger partial charge in [-0.15, -0.1) is 0 Å². The molecule has 2 aromatic rings. The zero-order valence-electron chi connectivity index (χ0n) is 15.1. The molecule has 0 amide bonds. The average Bonchev–Trinajstić information content (AvgIpc) is 3.18. The van der Waals surface area contributed by atoms with Gasteiger partial charge >= 0.3 is 0 Å². The molecular weight excluding hydrogens is 318 g/mol. The molecule has 2 aliphatic heterocycles. The predicted octanol–water partition coefficient (Wildman–Crippen LogP) is 2.85. The number of benzene rings is 1. The van der Waals surface area contributed by atoms with Crippen LogP contribution in [-0.4, -0.2) is 41.5 Å². The summed E-state index contributed by atoms with van der Waals surface area (Å²) in [4.78, 5) is 2.50. The van der Waals surface area contributed by atoms with Crippen molar-refractivity contribution >= 4 is 0 Å². The molecule has 1 aromatic heterocycles. The number of fused-ring (bicyclic) bond motifs is 1. The van der Waals surface area contributed by atoms with E-state index in [2.05, 4.69) is 23.0 Å². The van der Waals surface area contributed by atoms with Crippen LogP contribution in [0.5, 0.6) is 17.4 Å². The molecule has 6 heteroatoms. The van der Waals surface area contributed by atoms with E-state index in [0.29, 0.717) is 19.3 Å². The summed E-state index contributed by atoms with van der Waals surface area (Å²) in [6.45, 7) is 5.20. The van der Waals surface area contributed by atoms with E-state index in [1.807, 2.05) is 23.9 Å². The van der Waals surface area contributed by atoms with Crippen LogP contribution in [0.3, 0.4) is 0 Å². The Kier molecular flexibility index (Phi) is 4.29. The second kappa shape index (κ2) is 6.59. The Morgan fingerprint density at radius 3 is 2.96 bits per heavy atom. The third-order valence-corrected chi connectivity index (χ3v) is 5.13. The van der Waals surface area contributed by atoms with Crippen LogP contribution in [0.25, 0.3) is 0 Å². The molecule has 1 saturated heterocycles. The van der Waals surface area contributed by atoms with Gasteiger partial charge in [-0.1, -0.05) is 12.1 Å². The topological polar surface area (TPSA) is 48.8 Å². The van der Waals surface area contributed by atoms with Gasteiger partial charge in [0.05, 0.1) is 18.4 Å². The first-order chi connectivity index (χ1) is 12.2. The summed E-state index contributed by atoms with van der Waals surface area (Å²) in [5.74, 6) is 2.62. The number of para-hydroxylation sites is 1. The van der Waals surface area contributed by atoms with E-state index in [9.17, 15) is 0 Å². The Labute approximate surface area is 148 Å². The van der Waals surface area contributed by atoms with Crippen LogP contribution in [0, 0.1) is 6.92 Å². The van der Waals surface area contributed by atoms with Crippen LogP contribution in [-0.2, 0) is 13.6 Å². The van der Waals surface area contributed by atoms with Crippen molar-refractivity contribution in [3.05, 3.63) is 35.0 Å². The standard InChI is InChI=1S/C19H25N3O3/c1-13-17(19(23-3)21(2)20-13)15-7-5-9-22(15)12-14-6-4-8-16-18(14)25-11-10-24-16/h4,6,8,15H,5,7,9-12H2,1-3H3/t15-/m1/s1. The normalized spacial score (nSPS) is 20.0. The minimum absolute atomic E-state index is 0.323. The molecule has 0 aliphatic carbocycles. The summed E-state index contributed by atoms with van der Waals surface area (Å²) in [5.41, 5.74) is 3.44. The van der Waals surface area contributed by atoms with Gasteiger partial charge < -0.3 is 14.2 Å². The van der Waals surface area contributed by atoms with Gasteiger partial charge in [0.15, 0.2) is 11.5 Å². The summed E-state index contributed by atoms with van der Waals surface area (Å²) in [6.07, 6.45) is 2.30. The van der Waals surface area contributed by atoms with Crippen LogP contribution >= 0.6 is 0 Å². The first-order valence-corrected chi connectivity index (χ1v) is 8.88. The van der Waals surface area contributed by atoms with Crippen molar-refractivity contribution in [3.63, 3.8) is 0 Å². The number of hydrogen-bond acceptors (Lipinski definition) is 5. The lowest BCUT2D eigenvalue weighted by molar-refractivity contribution is 0.165.